The molecule has 0 amide bonds. The van der Waals surface area contributed by atoms with Crippen molar-refractivity contribution in [1.82, 2.24) is 0 Å². The van der Waals surface area contributed by atoms with E-state index in [1.165, 1.54) is 12.1 Å². The number of benzene rings is 2. The molecule has 0 bridgehead atoms. The molecule has 3 nitrogen and oxygen atoms in total. The van der Waals surface area contributed by atoms with Crippen LogP contribution in [0.1, 0.15) is 49.9 Å². The van der Waals surface area contributed by atoms with Crippen molar-refractivity contribution in [3.05, 3.63) is 64.7 Å². The average Bonchev–Trinajstić information content (AvgIpc) is 2.59. The van der Waals surface area contributed by atoms with Gasteiger partial charge in [0, 0.05) is 0 Å². The van der Waals surface area contributed by atoms with Gasteiger partial charge in [-0.05, 0) is 69.4 Å². The molecule has 0 saturated carbocycles. The smallest absolute Gasteiger partial charge is 0.419 e. The summed E-state index contributed by atoms with van der Waals surface area (Å²) >= 11 is 0. The van der Waals surface area contributed by atoms with E-state index in [0.29, 0.717) is 12.8 Å². The van der Waals surface area contributed by atoms with Crippen molar-refractivity contribution >= 4 is 9.84 Å². The summed E-state index contributed by atoms with van der Waals surface area (Å²) in [4.78, 5) is 0. The Labute approximate surface area is 170 Å². The second-order valence-electron chi connectivity index (χ2n) is 7.95. The minimum Gasteiger partial charge on any atom is -0.493 e. The van der Waals surface area contributed by atoms with Crippen LogP contribution < -0.4 is 4.74 Å². The lowest BCUT2D eigenvalue weighted by atomic mass is 10.0. The molecule has 0 aliphatic carbocycles. The lowest BCUT2D eigenvalue weighted by Crippen LogP contribution is -2.29. The molecule has 0 saturated heterocycles. The fraction of sp³-hybridized carbons (Fsp3) is 0.455. The Morgan fingerprint density at radius 2 is 1.38 bits per heavy atom. The predicted octanol–water partition coefficient (Wildman–Crippen LogP) is 5.60. The highest BCUT2D eigenvalue weighted by molar-refractivity contribution is 7.91. The topological polar surface area (TPSA) is 43.4 Å². The normalized spacial score (nSPS) is 12.8. The Bertz CT molecular complexity index is 925. The maximum absolute atomic E-state index is 13.1. The van der Waals surface area contributed by atoms with E-state index in [9.17, 15) is 21.6 Å². The lowest BCUT2D eigenvalue weighted by molar-refractivity contribution is -0.138. The maximum atomic E-state index is 13.1. The molecule has 29 heavy (non-hydrogen) atoms. The van der Waals surface area contributed by atoms with E-state index in [-0.39, 0.29) is 18.1 Å². The van der Waals surface area contributed by atoms with Crippen molar-refractivity contribution in [3.8, 4) is 5.75 Å². The number of hydrogen-bond acceptors (Lipinski definition) is 3. The van der Waals surface area contributed by atoms with E-state index < -0.39 is 26.3 Å². The molecule has 0 radical (unpaired) electrons. The first-order valence-electron chi connectivity index (χ1n) is 9.46. The molecule has 7 heteroatoms. The summed E-state index contributed by atoms with van der Waals surface area (Å²) in [5.41, 5.74) is 1.69. The fourth-order valence-corrected chi connectivity index (χ4v) is 3.82. The van der Waals surface area contributed by atoms with E-state index >= 15 is 0 Å². The molecule has 2 aromatic rings. The quantitative estimate of drug-likeness (QED) is 0.576. The van der Waals surface area contributed by atoms with Crippen molar-refractivity contribution in [1.29, 1.82) is 0 Å². The Balaban J connectivity index is 2.08. The highest BCUT2D eigenvalue weighted by Gasteiger charge is 2.34. The van der Waals surface area contributed by atoms with E-state index in [1.54, 1.807) is 39.8 Å². The number of rotatable bonds is 7. The summed E-state index contributed by atoms with van der Waals surface area (Å²) < 4.78 is 68.2. The summed E-state index contributed by atoms with van der Waals surface area (Å²) in [5, 5.41) is 0. The van der Waals surface area contributed by atoms with Crippen LogP contribution in [-0.4, -0.2) is 19.8 Å². The van der Waals surface area contributed by atoms with Gasteiger partial charge in [0.05, 0.1) is 22.7 Å². The van der Waals surface area contributed by atoms with Crippen LogP contribution in [0.5, 0.6) is 5.75 Å². The third-order valence-electron chi connectivity index (χ3n) is 4.67. The van der Waals surface area contributed by atoms with Gasteiger partial charge < -0.3 is 4.74 Å². The number of aryl methyl sites for hydroxylation is 2. The average molecular weight is 429 g/mol. The van der Waals surface area contributed by atoms with Crippen LogP contribution in [0.2, 0.25) is 0 Å². The highest BCUT2D eigenvalue weighted by atomic mass is 32.2. The van der Waals surface area contributed by atoms with E-state index in [4.69, 9.17) is 4.74 Å². The van der Waals surface area contributed by atoms with Gasteiger partial charge in [0.1, 0.15) is 5.75 Å². The molecule has 0 heterocycles. The van der Waals surface area contributed by atoms with Gasteiger partial charge in [-0.1, -0.05) is 30.3 Å². The number of halogens is 3. The first-order chi connectivity index (χ1) is 13.3. The van der Waals surface area contributed by atoms with Crippen LogP contribution in [-0.2, 0) is 34.6 Å². The summed E-state index contributed by atoms with van der Waals surface area (Å²) in [6.45, 7) is 6.84. The molecule has 2 aromatic carbocycles. The van der Waals surface area contributed by atoms with Crippen molar-refractivity contribution < 1.29 is 26.3 Å². The molecule has 0 aromatic heterocycles. The minimum absolute atomic E-state index is 0.0204. The van der Waals surface area contributed by atoms with Crippen molar-refractivity contribution in [2.45, 2.75) is 57.2 Å². The van der Waals surface area contributed by atoms with Crippen LogP contribution >= 0.6 is 0 Å². The SMILES string of the molecule is CCOc1cc(CCc2ccc(CS(=O)(=O)C(C)(C)C)cc2)ccc1C(F)(F)F. The van der Waals surface area contributed by atoms with Crippen molar-refractivity contribution in [2.75, 3.05) is 6.61 Å². The number of alkyl halides is 3. The second-order valence-corrected chi connectivity index (χ2v) is 10.7. The maximum Gasteiger partial charge on any atom is 0.419 e. The molecule has 160 valence electrons. The monoisotopic (exact) mass is 428 g/mol. The van der Waals surface area contributed by atoms with Crippen LogP contribution in [0.3, 0.4) is 0 Å². The summed E-state index contributed by atoms with van der Waals surface area (Å²) in [6, 6.07) is 11.3. The van der Waals surface area contributed by atoms with Crippen LogP contribution in [0.4, 0.5) is 13.2 Å². The van der Waals surface area contributed by atoms with E-state index in [0.717, 1.165) is 22.8 Å². The Morgan fingerprint density at radius 1 is 0.862 bits per heavy atom. The Morgan fingerprint density at radius 3 is 1.90 bits per heavy atom. The van der Waals surface area contributed by atoms with Gasteiger partial charge in [-0.15, -0.1) is 0 Å². The largest absolute Gasteiger partial charge is 0.493 e. The number of ether oxygens (including phenoxy) is 1. The number of sulfone groups is 1. The zero-order valence-corrected chi connectivity index (χ0v) is 18.0. The third kappa shape index (κ3) is 6.23. The third-order valence-corrected chi connectivity index (χ3v) is 7.25. The lowest BCUT2D eigenvalue weighted by Gasteiger charge is -2.19. The summed E-state index contributed by atoms with van der Waals surface area (Å²) in [7, 11) is -3.25. The molecular formula is C22H27F3O3S. The van der Waals surface area contributed by atoms with Gasteiger partial charge in [0.2, 0.25) is 0 Å². The van der Waals surface area contributed by atoms with Gasteiger partial charge in [-0.2, -0.15) is 13.2 Å². The Hall–Kier alpha value is -2.02. The molecular weight excluding hydrogens is 401 g/mol. The van der Waals surface area contributed by atoms with Gasteiger partial charge in [-0.25, -0.2) is 8.42 Å². The molecule has 0 spiro atoms. The van der Waals surface area contributed by atoms with Gasteiger partial charge in [-0.3, -0.25) is 0 Å². The van der Waals surface area contributed by atoms with Gasteiger partial charge >= 0.3 is 6.18 Å². The van der Waals surface area contributed by atoms with Crippen LogP contribution in [0.15, 0.2) is 42.5 Å². The first kappa shape index (κ1) is 23.3. The van der Waals surface area contributed by atoms with Crippen LogP contribution in [0, 0.1) is 0 Å². The highest BCUT2D eigenvalue weighted by Crippen LogP contribution is 2.37. The first-order valence-corrected chi connectivity index (χ1v) is 11.1. The fourth-order valence-electron chi connectivity index (χ4n) is 2.76. The Kier molecular flexibility index (Phi) is 7.04. The minimum atomic E-state index is -4.45. The second kappa shape index (κ2) is 8.78. The molecule has 0 aliphatic heterocycles. The molecule has 0 unspecified atom stereocenters. The predicted molar refractivity (Wildman–Crippen MR) is 109 cm³/mol. The zero-order chi connectivity index (χ0) is 21.9. The van der Waals surface area contributed by atoms with E-state index in [1.807, 2.05) is 12.1 Å². The molecule has 0 atom stereocenters. The van der Waals surface area contributed by atoms with E-state index in [2.05, 4.69) is 0 Å². The van der Waals surface area contributed by atoms with Crippen LogP contribution in [0.25, 0.3) is 0 Å². The zero-order valence-electron chi connectivity index (χ0n) is 17.1. The van der Waals surface area contributed by atoms with Crippen molar-refractivity contribution in [3.63, 3.8) is 0 Å². The summed E-state index contributed by atoms with van der Waals surface area (Å²) in [5.74, 6) is -0.173. The van der Waals surface area contributed by atoms with Gasteiger partial charge in [0.25, 0.3) is 0 Å². The molecule has 0 fully saturated rings. The standard InChI is InChI=1S/C22H27F3O3S/c1-5-28-20-14-17(12-13-19(20)22(23,24)25)9-6-16-7-10-18(11-8-16)15-29(26,27)21(2,3)4/h7-8,10-14H,5-6,9,15H2,1-4H3. The number of hydrogen-bond donors (Lipinski definition) is 0. The molecule has 0 aliphatic rings. The van der Waals surface area contributed by atoms with Crippen molar-refractivity contribution in [2.24, 2.45) is 0 Å². The molecule has 0 N–H and O–H groups in total. The summed E-state index contributed by atoms with van der Waals surface area (Å²) in [6.07, 6.45) is -3.27. The molecule has 2 rings (SSSR count). The van der Waals surface area contributed by atoms with Gasteiger partial charge in [0.15, 0.2) is 9.84 Å².